The molecule has 4 aromatic rings. The van der Waals surface area contributed by atoms with E-state index in [1.165, 1.54) is 0 Å². The van der Waals surface area contributed by atoms with Gasteiger partial charge in [0.1, 0.15) is 5.75 Å². The van der Waals surface area contributed by atoms with Gasteiger partial charge in [-0.3, -0.25) is 10.1 Å². The summed E-state index contributed by atoms with van der Waals surface area (Å²) >= 11 is 0. The molecule has 4 N–H and O–H groups in total. The van der Waals surface area contributed by atoms with Gasteiger partial charge in [0, 0.05) is 11.6 Å². The van der Waals surface area contributed by atoms with E-state index in [1.54, 1.807) is 61.7 Å². The zero-order valence-corrected chi connectivity index (χ0v) is 19.5. The Kier molecular flexibility index (Phi) is 7.84. The number of carbonyl (C=O) groups excluding carboxylic acids is 2. The molecule has 0 aliphatic heterocycles. The van der Waals surface area contributed by atoms with E-state index in [-0.39, 0.29) is 18.0 Å². The number of nitrogens with zero attached hydrogens (tertiary/aromatic N) is 2. The number of benzene rings is 3. The first-order chi connectivity index (χ1) is 17.5. The quantitative estimate of drug-likeness (QED) is 0.243. The smallest absolute Gasteiger partial charge is 0.325 e. The summed E-state index contributed by atoms with van der Waals surface area (Å²) in [6.07, 6.45) is -0.0585. The first-order valence-corrected chi connectivity index (χ1v) is 11.2. The lowest BCUT2D eigenvalue weighted by molar-refractivity contribution is -0.134. The Hall–Kier alpha value is -4.76. The van der Waals surface area contributed by atoms with Gasteiger partial charge in [0.25, 0.3) is 0 Å². The minimum absolute atomic E-state index is 0.0585. The van der Waals surface area contributed by atoms with Crippen molar-refractivity contribution in [3.05, 3.63) is 96.6 Å². The first kappa shape index (κ1) is 24.4. The lowest BCUT2D eigenvalue weighted by Crippen LogP contribution is -2.22. The van der Waals surface area contributed by atoms with Crippen LogP contribution in [0.5, 0.6) is 11.5 Å². The fourth-order valence-electron chi connectivity index (χ4n) is 3.42. The highest BCUT2D eigenvalue weighted by Crippen LogP contribution is 2.26. The number of aromatic nitrogens is 2. The molecular weight excluding hydrogens is 458 g/mol. The molecule has 182 valence electrons. The number of hydrogen-bond acceptors (Lipinski definition) is 7. The number of nitrogens with one attached hydrogen (secondary N) is 2. The van der Waals surface area contributed by atoms with E-state index in [0.717, 1.165) is 11.1 Å². The second-order valence-electron chi connectivity index (χ2n) is 7.81. The van der Waals surface area contributed by atoms with Crippen LogP contribution in [0.15, 0.2) is 91.0 Å². The molecule has 1 aromatic heterocycles. The van der Waals surface area contributed by atoms with Crippen molar-refractivity contribution in [1.29, 1.82) is 0 Å². The van der Waals surface area contributed by atoms with E-state index in [0.29, 0.717) is 17.1 Å². The number of carbonyl (C=O) groups is 2. The van der Waals surface area contributed by atoms with Gasteiger partial charge in [-0.2, -0.15) is 0 Å². The highest BCUT2D eigenvalue weighted by molar-refractivity contribution is 6.00. The third-order valence-electron chi connectivity index (χ3n) is 5.24. The topological polar surface area (TPSA) is 128 Å². The van der Waals surface area contributed by atoms with Crippen LogP contribution in [0.4, 0.5) is 16.3 Å². The maximum Gasteiger partial charge on any atom is 0.325 e. The molecule has 0 saturated carbocycles. The van der Waals surface area contributed by atoms with Gasteiger partial charge in [-0.05, 0) is 42.0 Å². The summed E-state index contributed by atoms with van der Waals surface area (Å²) in [5.41, 5.74) is 8.84. The van der Waals surface area contributed by atoms with Gasteiger partial charge >= 0.3 is 12.0 Å². The third-order valence-corrected chi connectivity index (χ3v) is 5.24. The van der Waals surface area contributed by atoms with E-state index >= 15 is 0 Å². The standard InChI is InChI=1S/C27H25N5O4/c1-35-20-11-7-10-19(16-20)21(28)17-26(33)36-24-13-6-5-12-23(24)29-27(34)30-25-15-14-22(31-32-25)18-8-3-2-4-9-18/h2-16,21H,17,28H2,1H3,(H2,29,30,32,34). The Balaban J connectivity index is 1.36. The Labute approximate surface area is 208 Å². The number of para-hydroxylation sites is 2. The van der Waals surface area contributed by atoms with Gasteiger partial charge in [-0.1, -0.05) is 54.6 Å². The van der Waals surface area contributed by atoms with Crippen LogP contribution < -0.4 is 25.8 Å². The van der Waals surface area contributed by atoms with Crippen molar-refractivity contribution < 1.29 is 19.1 Å². The van der Waals surface area contributed by atoms with Gasteiger partial charge in [0.15, 0.2) is 11.6 Å². The molecule has 4 rings (SSSR count). The van der Waals surface area contributed by atoms with Crippen molar-refractivity contribution in [3.63, 3.8) is 0 Å². The lowest BCUT2D eigenvalue weighted by atomic mass is 10.0. The maximum absolute atomic E-state index is 12.5. The van der Waals surface area contributed by atoms with Gasteiger partial charge in [0.05, 0.1) is 24.9 Å². The molecule has 0 spiro atoms. The number of urea groups is 1. The van der Waals surface area contributed by atoms with Crippen molar-refractivity contribution >= 4 is 23.5 Å². The number of nitrogens with two attached hydrogens (primary N) is 1. The summed E-state index contributed by atoms with van der Waals surface area (Å²) in [6, 6.07) is 25.7. The fourth-order valence-corrected chi connectivity index (χ4v) is 3.42. The van der Waals surface area contributed by atoms with Crippen LogP contribution in [0.25, 0.3) is 11.3 Å². The molecule has 0 aliphatic carbocycles. The molecule has 0 aliphatic rings. The second-order valence-corrected chi connectivity index (χ2v) is 7.81. The normalized spacial score (nSPS) is 11.3. The van der Waals surface area contributed by atoms with Gasteiger partial charge in [-0.25, -0.2) is 4.79 Å². The van der Waals surface area contributed by atoms with Crippen LogP contribution in [-0.4, -0.2) is 29.3 Å². The molecule has 0 saturated heterocycles. The summed E-state index contributed by atoms with van der Waals surface area (Å²) in [5.74, 6) is 0.575. The summed E-state index contributed by atoms with van der Waals surface area (Å²) in [7, 11) is 1.56. The molecule has 9 heteroatoms. The van der Waals surface area contributed by atoms with Crippen molar-refractivity contribution in [2.45, 2.75) is 12.5 Å². The summed E-state index contributed by atoms with van der Waals surface area (Å²) in [5, 5.41) is 13.5. The zero-order chi connectivity index (χ0) is 25.3. The highest BCUT2D eigenvalue weighted by Gasteiger charge is 2.17. The van der Waals surface area contributed by atoms with Gasteiger partial charge in [-0.15, -0.1) is 10.2 Å². The number of amides is 2. The van der Waals surface area contributed by atoms with Crippen molar-refractivity contribution in [1.82, 2.24) is 10.2 Å². The lowest BCUT2D eigenvalue weighted by Gasteiger charge is -2.14. The zero-order valence-electron chi connectivity index (χ0n) is 19.5. The van der Waals surface area contributed by atoms with Crippen LogP contribution in [0, 0.1) is 0 Å². The van der Waals surface area contributed by atoms with Crippen LogP contribution in [-0.2, 0) is 4.79 Å². The molecule has 1 heterocycles. The number of methoxy groups -OCH3 is 1. The minimum Gasteiger partial charge on any atom is -0.497 e. The number of anilines is 2. The second kappa shape index (κ2) is 11.6. The molecule has 1 unspecified atom stereocenters. The summed E-state index contributed by atoms with van der Waals surface area (Å²) in [4.78, 5) is 25.1. The Bertz CT molecular complexity index is 1330. The van der Waals surface area contributed by atoms with Gasteiger partial charge < -0.3 is 20.5 Å². The predicted octanol–water partition coefficient (Wildman–Crippen LogP) is 4.79. The number of rotatable bonds is 8. The van der Waals surface area contributed by atoms with Crippen LogP contribution in [0.3, 0.4) is 0 Å². The molecule has 1 atom stereocenters. The molecule has 3 aromatic carbocycles. The SMILES string of the molecule is COc1cccc(C(N)CC(=O)Oc2ccccc2NC(=O)Nc2ccc(-c3ccccc3)nn2)c1. The monoisotopic (exact) mass is 483 g/mol. The number of ether oxygens (including phenoxy) is 2. The minimum atomic E-state index is -0.576. The molecular formula is C27H25N5O4. The fraction of sp³-hybridized carbons (Fsp3) is 0.111. The van der Waals surface area contributed by atoms with E-state index in [4.69, 9.17) is 15.2 Å². The maximum atomic E-state index is 12.5. The number of hydrogen-bond donors (Lipinski definition) is 3. The first-order valence-electron chi connectivity index (χ1n) is 11.2. The highest BCUT2D eigenvalue weighted by atomic mass is 16.5. The predicted molar refractivity (Wildman–Crippen MR) is 137 cm³/mol. The molecule has 36 heavy (non-hydrogen) atoms. The van der Waals surface area contributed by atoms with Crippen molar-refractivity contribution in [3.8, 4) is 22.8 Å². The van der Waals surface area contributed by atoms with Gasteiger partial charge in [0.2, 0.25) is 0 Å². The van der Waals surface area contributed by atoms with E-state index in [9.17, 15) is 9.59 Å². The largest absolute Gasteiger partial charge is 0.497 e. The average molecular weight is 484 g/mol. The Morgan fingerprint density at radius 1 is 0.889 bits per heavy atom. The molecule has 0 fully saturated rings. The molecule has 0 radical (unpaired) electrons. The van der Waals surface area contributed by atoms with Crippen molar-refractivity contribution in [2.24, 2.45) is 5.73 Å². The van der Waals surface area contributed by atoms with Crippen LogP contribution in [0.2, 0.25) is 0 Å². The van der Waals surface area contributed by atoms with Crippen molar-refractivity contribution in [2.75, 3.05) is 17.7 Å². The Morgan fingerprint density at radius 3 is 2.42 bits per heavy atom. The average Bonchev–Trinajstić information content (AvgIpc) is 2.90. The summed E-state index contributed by atoms with van der Waals surface area (Å²) < 4.78 is 10.7. The van der Waals surface area contributed by atoms with E-state index in [1.807, 2.05) is 36.4 Å². The molecule has 9 nitrogen and oxygen atoms in total. The van der Waals surface area contributed by atoms with Crippen LogP contribution in [0.1, 0.15) is 18.0 Å². The third kappa shape index (κ3) is 6.43. The molecule has 2 amide bonds. The summed E-state index contributed by atoms with van der Waals surface area (Å²) in [6.45, 7) is 0. The van der Waals surface area contributed by atoms with E-state index in [2.05, 4.69) is 20.8 Å². The van der Waals surface area contributed by atoms with Crippen LogP contribution >= 0.6 is 0 Å². The van der Waals surface area contributed by atoms with E-state index < -0.39 is 18.0 Å². The number of esters is 1. The molecule has 0 bridgehead atoms. The Morgan fingerprint density at radius 2 is 1.67 bits per heavy atom.